The van der Waals surface area contributed by atoms with Crippen molar-refractivity contribution >= 4 is 25.5 Å². The summed E-state index contributed by atoms with van der Waals surface area (Å²) in [5.74, 6) is -0.988. The Morgan fingerprint density at radius 3 is 1.69 bits per heavy atom. The van der Waals surface area contributed by atoms with Crippen LogP contribution in [0.25, 0.3) is 0 Å². The molecule has 0 amide bonds. The molecule has 2 aliphatic heterocycles. The molecular formula is C25H40O10P+. The summed E-state index contributed by atoms with van der Waals surface area (Å²) in [6.07, 6.45) is 7.83. The van der Waals surface area contributed by atoms with Gasteiger partial charge in [-0.15, -0.1) is 0 Å². The number of carbonyl (C=O) groups is 3. The average Bonchev–Trinajstić information content (AvgIpc) is 3.49. The second-order valence-electron chi connectivity index (χ2n) is 8.90. The fraction of sp³-hybridized carbons (Fsp3) is 0.800. The van der Waals surface area contributed by atoms with Gasteiger partial charge in [0.1, 0.15) is 12.4 Å². The Bertz CT molecular complexity index is 758. The molecule has 10 nitrogen and oxygen atoms in total. The second kappa shape index (κ2) is 15.5. The van der Waals surface area contributed by atoms with E-state index < -0.39 is 7.80 Å². The first kappa shape index (κ1) is 30.5. The van der Waals surface area contributed by atoms with Gasteiger partial charge in [-0.25, -0.2) is 9.59 Å². The molecule has 1 unspecified atom stereocenters. The van der Waals surface area contributed by atoms with E-state index in [0.29, 0.717) is 58.3 Å². The minimum absolute atomic E-state index is 0.0448. The lowest BCUT2D eigenvalue weighted by atomic mass is 9.89. The van der Waals surface area contributed by atoms with Crippen molar-refractivity contribution in [3.63, 3.8) is 0 Å². The van der Waals surface area contributed by atoms with E-state index in [0.717, 1.165) is 44.1 Å². The SMILES string of the molecule is CCOC(=O)C=C1CCC2(CC1)OCCO2.CCOC(=O)C[P+](C)=O.O=C1CCC2(CC1)OCCO2. The smallest absolute Gasteiger partial charge is 0.354 e. The maximum atomic E-state index is 11.3. The first-order valence-corrected chi connectivity index (χ1v) is 14.6. The highest BCUT2D eigenvalue weighted by molar-refractivity contribution is 7.44. The van der Waals surface area contributed by atoms with Crippen molar-refractivity contribution in [3.8, 4) is 0 Å². The quantitative estimate of drug-likeness (QED) is 0.295. The molecule has 2 spiro atoms. The number of Topliss-reactive ketones (excluding diaryl/α,β-unsaturated/α-hetero) is 1. The molecule has 36 heavy (non-hydrogen) atoms. The number of allylic oxidation sites excluding steroid dienone is 1. The lowest BCUT2D eigenvalue weighted by Crippen LogP contribution is -2.35. The highest BCUT2D eigenvalue weighted by atomic mass is 31.1. The standard InChI is InChI=1S/C12H18O4.C8H12O3.C5H10O3P/c1-2-14-11(13)9-10-3-5-12(6-4-10)15-7-8-16-12;9-7-1-3-8(4-2-7)10-5-6-11-8;1-3-8-5(6)4-9(2)7/h9H,2-8H2,1H3;1-6H2;3-4H2,1-2H3/q;;+1. The Kier molecular flexibility index (Phi) is 13.2. The minimum atomic E-state index is -1.38. The molecule has 2 heterocycles. The van der Waals surface area contributed by atoms with E-state index >= 15 is 0 Å². The van der Waals surface area contributed by atoms with Crippen LogP contribution in [0.2, 0.25) is 0 Å². The molecule has 2 saturated carbocycles. The Balaban J connectivity index is 0.000000201. The van der Waals surface area contributed by atoms with Crippen LogP contribution in [-0.4, -0.2) is 81.8 Å². The fourth-order valence-electron chi connectivity index (χ4n) is 4.32. The lowest BCUT2D eigenvalue weighted by Gasteiger charge is -2.32. The van der Waals surface area contributed by atoms with Crippen LogP contribution in [0.4, 0.5) is 0 Å². The van der Waals surface area contributed by atoms with Crippen molar-refractivity contribution in [2.75, 3.05) is 52.5 Å². The maximum Gasteiger partial charge on any atom is 0.354 e. The van der Waals surface area contributed by atoms with Crippen molar-refractivity contribution in [3.05, 3.63) is 11.6 Å². The van der Waals surface area contributed by atoms with Gasteiger partial charge in [0.15, 0.2) is 11.6 Å². The van der Waals surface area contributed by atoms with E-state index in [1.165, 1.54) is 6.66 Å². The highest BCUT2D eigenvalue weighted by Crippen LogP contribution is 2.38. The van der Waals surface area contributed by atoms with Crippen molar-refractivity contribution in [2.24, 2.45) is 0 Å². The molecule has 0 aromatic carbocycles. The van der Waals surface area contributed by atoms with E-state index in [-0.39, 0.29) is 29.7 Å². The Morgan fingerprint density at radius 2 is 1.28 bits per heavy atom. The first-order valence-electron chi connectivity index (χ1n) is 12.7. The molecule has 4 rings (SSSR count). The number of carbonyl (C=O) groups excluding carboxylic acids is 3. The first-order chi connectivity index (χ1) is 17.2. The molecule has 1 atom stereocenters. The number of ether oxygens (including phenoxy) is 6. The number of hydrogen-bond donors (Lipinski definition) is 0. The summed E-state index contributed by atoms with van der Waals surface area (Å²) in [6.45, 7) is 8.59. The zero-order valence-electron chi connectivity index (χ0n) is 21.7. The minimum Gasteiger partial charge on any atom is -0.463 e. The van der Waals surface area contributed by atoms with Crippen LogP contribution in [-0.2, 0) is 47.4 Å². The monoisotopic (exact) mass is 531 g/mol. The predicted molar refractivity (Wildman–Crippen MR) is 131 cm³/mol. The van der Waals surface area contributed by atoms with Crippen LogP contribution in [0, 0.1) is 0 Å². The number of rotatable bonds is 5. The molecule has 0 aromatic rings. The molecule has 2 aliphatic carbocycles. The molecule has 2 saturated heterocycles. The van der Waals surface area contributed by atoms with Gasteiger partial charge in [-0.2, -0.15) is 0 Å². The summed E-state index contributed by atoms with van der Waals surface area (Å²) in [5, 5.41) is 0. The van der Waals surface area contributed by atoms with Crippen LogP contribution in [0.1, 0.15) is 65.2 Å². The highest BCUT2D eigenvalue weighted by Gasteiger charge is 2.40. The molecule has 204 valence electrons. The Labute approximate surface area is 214 Å². The van der Waals surface area contributed by atoms with Crippen LogP contribution >= 0.6 is 7.80 Å². The number of hydrogen-bond acceptors (Lipinski definition) is 10. The van der Waals surface area contributed by atoms with E-state index in [1.54, 1.807) is 13.0 Å². The van der Waals surface area contributed by atoms with Crippen molar-refractivity contribution < 1.29 is 47.4 Å². The third kappa shape index (κ3) is 10.7. The average molecular weight is 532 g/mol. The Hall–Kier alpha value is -1.71. The van der Waals surface area contributed by atoms with E-state index in [1.807, 2.05) is 6.92 Å². The third-order valence-electron chi connectivity index (χ3n) is 6.12. The van der Waals surface area contributed by atoms with Gasteiger partial charge in [0, 0.05) is 44.6 Å². The second-order valence-corrected chi connectivity index (χ2v) is 10.5. The number of ketones is 1. The lowest BCUT2D eigenvalue weighted by molar-refractivity contribution is -0.179. The van der Waals surface area contributed by atoms with Gasteiger partial charge in [-0.3, -0.25) is 4.79 Å². The molecule has 0 bridgehead atoms. The largest absolute Gasteiger partial charge is 0.463 e. The van der Waals surface area contributed by atoms with E-state index in [2.05, 4.69) is 4.74 Å². The van der Waals surface area contributed by atoms with Gasteiger partial charge in [0.2, 0.25) is 6.16 Å². The topological polar surface area (TPSA) is 124 Å². The third-order valence-corrected chi connectivity index (χ3v) is 6.82. The molecular weight excluding hydrogens is 491 g/mol. The van der Waals surface area contributed by atoms with Crippen molar-refractivity contribution in [1.29, 1.82) is 0 Å². The van der Waals surface area contributed by atoms with Gasteiger partial charge in [0.05, 0.1) is 39.6 Å². The normalized spacial score (nSPS) is 22.1. The van der Waals surface area contributed by atoms with Gasteiger partial charge in [-0.05, 0) is 26.7 Å². The van der Waals surface area contributed by atoms with Gasteiger partial charge in [0.25, 0.3) is 0 Å². The zero-order chi connectivity index (χ0) is 26.4. The van der Waals surface area contributed by atoms with Gasteiger partial charge >= 0.3 is 19.7 Å². The molecule has 0 N–H and O–H groups in total. The summed E-state index contributed by atoms with van der Waals surface area (Å²) in [7, 11) is -1.38. The number of esters is 2. The summed E-state index contributed by atoms with van der Waals surface area (Å²) in [6, 6.07) is 0. The summed E-state index contributed by atoms with van der Waals surface area (Å²) in [5.41, 5.74) is 1.14. The Morgan fingerprint density at radius 1 is 0.833 bits per heavy atom. The van der Waals surface area contributed by atoms with Crippen LogP contribution in [0.15, 0.2) is 11.6 Å². The van der Waals surface area contributed by atoms with Crippen molar-refractivity contribution in [2.45, 2.75) is 76.8 Å². The molecule has 4 aliphatic rings. The van der Waals surface area contributed by atoms with Crippen LogP contribution in [0.5, 0.6) is 0 Å². The van der Waals surface area contributed by atoms with Crippen molar-refractivity contribution in [1.82, 2.24) is 0 Å². The summed E-state index contributed by atoms with van der Waals surface area (Å²) in [4.78, 5) is 32.6. The van der Waals surface area contributed by atoms with E-state index in [4.69, 9.17) is 23.7 Å². The van der Waals surface area contributed by atoms with Crippen LogP contribution in [0.3, 0.4) is 0 Å². The summed E-state index contributed by atoms with van der Waals surface area (Å²) >= 11 is 0. The van der Waals surface area contributed by atoms with Crippen LogP contribution < -0.4 is 0 Å². The molecule has 0 aromatic heterocycles. The molecule has 0 radical (unpaired) electrons. The maximum absolute atomic E-state index is 11.3. The van der Waals surface area contributed by atoms with Gasteiger partial charge in [-0.1, -0.05) is 10.1 Å². The zero-order valence-corrected chi connectivity index (χ0v) is 22.6. The summed E-state index contributed by atoms with van der Waals surface area (Å²) < 4.78 is 41.9. The molecule has 4 fully saturated rings. The predicted octanol–water partition coefficient (Wildman–Crippen LogP) is 3.67. The van der Waals surface area contributed by atoms with E-state index in [9.17, 15) is 18.9 Å². The van der Waals surface area contributed by atoms with Gasteiger partial charge < -0.3 is 28.4 Å². The fourth-order valence-corrected chi connectivity index (χ4v) is 4.77. The molecule has 11 heteroatoms.